The molecular weight excluding hydrogens is 470 g/mol. The van der Waals surface area contributed by atoms with Crippen molar-refractivity contribution in [3.05, 3.63) is 59.1 Å². The second-order valence-corrected chi connectivity index (χ2v) is 9.71. The van der Waals surface area contributed by atoms with Crippen LogP contribution in [0.15, 0.2) is 53.4 Å². The first-order valence-electron chi connectivity index (χ1n) is 10.2. The molecule has 0 unspecified atom stereocenters. The van der Waals surface area contributed by atoms with Crippen LogP contribution in [0.3, 0.4) is 0 Å². The van der Waals surface area contributed by atoms with E-state index in [9.17, 15) is 22.8 Å². The zero-order valence-electron chi connectivity index (χ0n) is 17.9. The standard InChI is InChI=1S/C22H24ClN3O6S/c1-14(20(27)25-18-6-8-19(9-7-18)33(24,30)31)32-22(29)16-10-12-26(13-11-16)21(28)15-2-4-17(23)5-3-15/h2-9,14,16H,10-13H2,1H3,(H,25,27)(H2,24,30,31)/t14-/m0/s1. The van der Waals surface area contributed by atoms with Gasteiger partial charge in [0.15, 0.2) is 6.10 Å². The summed E-state index contributed by atoms with van der Waals surface area (Å²) >= 11 is 5.86. The highest BCUT2D eigenvalue weighted by Gasteiger charge is 2.30. The summed E-state index contributed by atoms with van der Waals surface area (Å²) in [7, 11) is -3.83. The topological polar surface area (TPSA) is 136 Å². The Hall–Kier alpha value is -2.95. The number of esters is 1. The molecule has 0 aliphatic carbocycles. The lowest BCUT2D eigenvalue weighted by molar-refractivity contribution is -0.158. The van der Waals surface area contributed by atoms with Crippen LogP contribution in [-0.2, 0) is 24.3 Å². The highest BCUT2D eigenvalue weighted by Crippen LogP contribution is 2.22. The van der Waals surface area contributed by atoms with Crippen molar-refractivity contribution in [1.29, 1.82) is 0 Å². The smallest absolute Gasteiger partial charge is 0.309 e. The highest BCUT2D eigenvalue weighted by atomic mass is 35.5. The molecule has 3 rings (SSSR count). The van der Waals surface area contributed by atoms with E-state index in [1.807, 2.05) is 0 Å². The molecule has 2 amide bonds. The third kappa shape index (κ3) is 6.53. The van der Waals surface area contributed by atoms with Crippen molar-refractivity contribution in [1.82, 2.24) is 4.90 Å². The maximum atomic E-state index is 12.6. The maximum absolute atomic E-state index is 12.6. The van der Waals surface area contributed by atoms with Crippen LogP contribution >= 0.6 is 11.6 Å². The number of rotatable bonds is 6. The lowest BCUT2D eigenvalue weighted by atomic mass is 9.96. The molecule has 0 spiro atoms. The van der Waals surface area contributed by atoms with Crippen molar-refractivity contribution in [3.8, 4) is 0 Å². The van der Waals surface area contributed by atoms with Crippen LogP contribution in [0.2, 0.25) is 5.02 Å². The average molecular weight is 494 g/mol. The molecule has 0 bridgehead atoms. The number of nitrogens with zero attached hydrogens (tertiary/aromatic N) is 1. The van der Waals surface area contributed by atoms with Crippen molar-refractivity contribution in [2.45, 2.75) is 30.8 Å². The molecule has 0 aromatic heterocycles. The first-order valence-corrected chi connectivity index (χ1v) is 12.2. The van der Waals surface area contributed by atoms with Gasteiger partial charge in [-0.15, -0.1) is 0 Å². The number of ether oxygens (including phenoxy) is 1. The number of anilines is 1. The molecular formula is C22H24ClN3O6S. The van der Waals surface area contributed by atoms with Gasteiger partial charge in [0.1, 0.15) is 0 Å². The Kier molecular flexibility index (Phi) is 7.72. The summed E-state index contributed by atoms with van der Waals surface area (Å²) in [5.41, 5.74) is 0.868. The molecule has 1 aliphatic heterocycles. The van der Waals surface area contributed by atoms with Crippen LogP contribution in [0.25, 0.3) is 0 Å². The largest absolute Gasteiger partial charge is 0.452 e. The molecule has 9 nitrogen and oxygen atoms in total. The van der Waals surface area contributed by atoms with Gasteiger partial charge in [-0.25, -0.2) is 13.6 Å². The van der Waals surface area contributed by atoms with E-state index in [0.717, 1.165) is 0 Å². The number of hydrogen-bond donors (Lipinski definition) is 2. The van der Waals surface area contributed by atoms with E-state index in [1.54, 1.807) is 29.2 Å². The molecule has 3 N–H and O–H groups in total. The van der Waals surface area contributed by atoms with Crippen LogP contribution < -0.4 is 10.5 Å². The number of likely N-dealkylation sites (tertiary alicyclic amines) is 1. The van der Waals surface area contributed by atoms with Crippen molar-refractivity contribution in [2.75, 3.05) is 18.4 Å². The van der Waals surface area contributed by atoms with Crippen molar-refractivity contribution < 1.29 is 27.5 Å². The quantitative estimate of drug-likeness (QED) is 0.593. The molecule has 1 fully saturated rings. The summed E-state index contributed by atoms with van der Waals surface area (Å²) < 4.78 is 27.9. The SMILES string of the molecule is C[C@H](OC(=O)C1CCN(C(=O)c2ccc(Cl)cc2)CC1)C(=O)Nc1ccc(S(N)(=O)=O)cc1. The summed E-state index contributed by atoms with van der Waals surface area (Å²) in [6, 6.07) is 11.9. The zero-order chi connectivity index (χ0) is 24.2. The Bertz CT molecular complexity index is 1130. The second-order valence-electron chi connectivity index (χ2n) is 7.71. The number of amides is 2. The summed E-state index contributed by atoms with van der Waals surface area (Å²) in [6.45, 7) is 2.25. The number of carbonyl (C=O) groups is 3. The van der Waals surface area contributed by atoms with Gasteiger partial charge in [-0.1, -0.05) is 11.6 Å². The number of hydrogen-bond acceptors (Lipinski definition) is 6. The first-order chi connectivity index (χ1) is 15.5. The number of nitrogens with one attached hydrogen (secondary N) is 1. The van der Waals surface area contributed by atoms with Gasteiger partial charge < -0.3 is 15.0 Å². The number of sulfonamides is 1. The van der Waals surface area contributed by atoms with Crippen molar-refractivity contribution >= 4 is 45.1 Å². The summed E-state index contributed by atoms with van der Waals surface area (Å²) in [4.78, 5) is 39.0. The third-order valence-corrected chi connectivity index (χ3v) is 6.50. The Balaban J connectivity index is 1.48. The molecule has 1 saturated heterocycles. The lowest BCUT2D eigenvalue weighted by Crippen LogP contribution is -2.41. The van der Waals surface area contributed by atoms with Crippen LogP contribution in [0.1, 0.15) is 30.1 Å². The zero-order valence-corrected chi connectivity index (χ0v) is 19.4. The molecule has 1 heterocycles. The third-order valence-electron chi connectivity index (χ3n) is 5.32. The highest BCUT2D eigenvalue weighted by molar-refractivity contribution is 7.89. The predicted molar refractivity (Wildman–Crippen MR) is 122 cm³/mol. The summed E-state index contributed by atoms with van der Waals surface area (Å²) in [5.74, 6) is -1.59. The fourth-order valence-electron chi connectivity index (χ4n) is 3.39. The van der Waals surface area contributed by atoms with Crippen molar-refractivity contribution in [3.63, 3.8) is 0 Å². The van der Waals surface area contributed by atoms with E-state index in [4.69, 9.17) is 21.5 Å². The van der Waals surface area contributed by atoms with Gasteiger partial charge in [0.2, 0.25) is 10.0 Å². The molecule has 2 aromatic carbocycles. The fourth-order valence-corrected chi connectivity index (χ4v) is 4.03. The minimum absolute atomic E-state index is 0.0825. The average Bonchev–Trinajstić information content (AvgIpc) is 2.79. The normalized spacial score (nSPS) is 15.5. The van der Waals surface area contributed by atoms with Gasteiger partial charge in [-0.2, -0.15) is 0 Å². The molecule has 33 heavy (non-hydrogen) atoms. The van der Waals surface area contributed by atoms with E-state index in [1.165, 1.54) is 31.2 Å². The van der Waals surface area contributed by atoms with E-state index < -0.39 is 33.9 Å². The molecule has 1 aliphatic rings. The summed E-state index contributed by atoms with van der Waals surface area (Å²) in [5, 5.41) is 8.15. The molecule has 1 atom stereocenters. The van der Waals surface area contributed by atoms with Gasteiger partial charge in [-0.3, -0.25) is 14.4 Å². The minimum Gasteiger partial charge on any atom is -0.452 e. The van der Waals surface area contributed by atoms with E-state index >= 15 is 0 Å². The first kappa shape index (κ1) is 24.7. The van der Waals surface area contributed by atoms with Crippen LogP contribution in [0, 0.1) is 5.92 Å². The Morgan fingerprint density at radius 3 is 2.18 bits per heavy atom. The Morgan fingerprint density at radius 1 is 1.06 bits per heavy atom. The van der Waals surface area contributed by atoms with E-state index in [0.29, 0.717) is 42.2 Å². The van der Waals surface area contributed by atoms with Crippen LogP contribution in [0.4, 0.5) is 5.69 Å². The predicted octanol–water partition coefficient (Wildman–Crippen LogP) is 2.41. The fraction of sp³-hybridized carbons (Fsp3) is 0.318. The number of primary sulfonamides is 1. The van der Waals surface area contributed by atoms with Gasteiger partial charge in [-0.05, 0) is 68.3 Å². The minimum atomic E-state index is -3.83. The van der Waals surface area contributed by atoms with Gasteiger partial charge in [0.25, 0.3) is 11.8 Å². The van der Waals surface area contributed by atoms with E-state index in [2.05, 4.69) is 5.32 Å². The van der Waals surface area contributed by atoms with E-state index in [-0.39, 0.29) is 10.8 Å². The number of halogens is 1. The number of nitrogens with two attached hydrogens (primary N) is 1. The van der Waals surface area contributed by atoms with Crippen molar-refractivity contribution in [2.24, 2.45) is 11.1 Å². The molecule has 11 heteroatoms. The summed E-state index contributed by atoms with van der Waals surface area (Å²) in [6.07, 6.45) is -0.188. The van der Waals surface area contributed by atoms with Crippen LogP contribution in [-0.4, -0.2) is 50.3 Å². The van der Waals surface area contributed by atoms with Gasteiger partial charge in [0.05, 0.1) is 10.8 Å². The monoisotopic (exact) mass is 493 g/mol. The second kappa shape index (κ2) is 10.3. The molecule has 176 valence electrons. The number of piperidine rings is 1. The Labute approximate surface area is 196 Å². The van der Waals surface area contributed by atoms with Gasteiger partial charge in [0, 0.05) is 29.4 Å². The Morgan fingerprint density at radius 2 is 1.64 bits per heavy atom. The number of carbonyl (C=O) groups excluding carboxylic acids is 3. The van der Waals surface area contributed by atoms with Crippen LogP contribution in [0.5, 0.6) is 0 Å². The lowest BCUT2D eigenvalue weighted by Gasteiger charge is -2.31. The number of benzene rings is 2. The van der Waals surface area contributed by atoms with Gasteiger partial charge >= 0.3 is 5.97 Å². The maximum Gasteiger partial charge on any atom is 0.309 e. The molecule has 0 saturated carbocycles. The molecule has 0 radical (unpaired) electrons. The molecule has 2 aromatic rings.